The van der Waals surface area contributed by atoms with E-state index < -0.39 is 17.7 Å². The molecule has 3 aromatic rings. The van der Waals surface area contributed by atoms with Gasteiger partial charge in [-0.1, -0.05) is 12.1 Å². The molecule has 1 amide bonds. The fourth-order valence-electron chi connectivity index (χ4n) is 2.90. The number of hydrogen-bond donors (Lipinski definition) is 2. The second kappa shape index (κ2) is 8.86. The molecule has 1 heterocycles. The lowest BCUT2D eigenvalue weighted by molar-refractivity contribution is -0.137. The fourth-order valence-corrected chi connectivity index (χ4v) is 2.90. The average molecular weight is 416 g/mol. The SMILES string of the molecule is CC(=O)NCCc1c[nH]c2ccc(OC(=O)/C=C/c3ccc(C(F)(F)F)cc3)cc12. The second-order valence-corrected chi connectivity index (χ2v) is 6.63. The molecule has 0 aliphatic rings. The molecule has 0 bridgehead atoms. The van der Waals surface area contributed by atoms with Gasteiger partial charge in [-0.3, -0.25) is 4.79 Å². The number of esters is 1. The highest BCUT2D eigenvalue weighted by Crippen LogP contribution is 2.29. The molecule has 0 spiro atoms. The van der Waals surface area contributed by atoms with E-state index in [0.29, 0.717) is 24.3 Å². The maximum absolute atomic E-state index is 12.6. The molecule has 3 rings (SSSR count). The van der Waals surface area contributed by atoms with Crippen molar-refractivity contribution in [2.24, 2.45) is 0 Å². The zero-order valence-electron chi connectivity index (χ0n) is 16.0. The third-order valence-electron chi connectivity index (χ3n) is 4.38. The minimum absolute atomic E-state index is 0.107. The van der Waals surface area contributed by atoms with E-state index in [1.165, 1.54) is 25.1 Å². The van der Waals surface area contributed by atoms with E-state index in [9.17, 15) is 22.8 Å². The van der Waals surface area contributed by atoms with Crippen molar-refractivity contribution in [1.82, 2.24) is 10.3 Å². The summed E-state index contributed by atoms with van der Waals surface area (Å²) in [4.78, 5) is 26.2. The highest BCUT2D eigenvalue weighted by Gasteiger charge is 2.29. The van der Waals surface area contributed by atoms with Crippen LogP contribution in [-0.4, -0.2) is 23.4 Å². The van der Waals surface area contributed by atoms with Gasteiger partial charge in [0.2, 0.25) is 5.91 Å². The first-order chi connectivity index (χ1) is 14.2. The van der Waals surface area contributed by atoms with Crippen molar-refractivity contribution in [3.63, 3.8) is 0 Å². The first-order valence-electron chi connectivity index (χ1n) is 9.14. The van der Waals surface area contributed by atoms with E-state index in [1.54, 1.807) is 18.2 Å². The summed E-state index contributed by atoms with van der Waals surface area (Å²) in [7, 11) is 0. The first kappa shape index (κ1) is 21.2. The maximum atomic E-state index is 12.6. The van der Waals surface area contributed by atoms with Gasteiger partial charge in [-0.2, -0.15) is 13.2 Å². The van der Waals surface area contributed by atoms with Crippen LogP contribution in [0.15, 0.2) is 54.7 Å². The number of alkyl halides is 3. The summed E-state index contributed by atoms with van der Waals surface area (Å²) in [5.41, 5.74) is 1.53. The predicted octanol–water partition coefficient (Wildman–Crippen LogP) is 4.48. The monoisotopic (exact) mass is 416 g/mol. The van der Waals surface area contributed by atoms with Gasteiger partial charge in [-0.05, 0) is 54.0 Å². The number of ether oxygens (including phenoxy) is 1. The van der Waals surface area contributed by atoms with Crippen molar-refractivity contribution in [3.8, 4) is 5.75 Å². The van der Waals surface area contributed by atoms with Gasteiger partial charge < -0.3 is 15.0 Å². The van der Waals surface area contributed by atoms with Crippen LogP contribution >= 0.6 is 0 Å². The molecule has 1 aromatic heterocycles. The van der Waals surface area contributed by atoms with Crippen LogP contribution in [0.5, 0.6) is 5.75 Å². The molecule has 8 heteroatoms. The van der Waals surface area contributed by atoms with Crippen molar-refractivity contribution in [2.75, 3.05) is 6.54 Å². The largest absolute Gasteiger partial charge is 0.423 e. The summed E-state index contributed by atoms with van der Waals surface area (Å²) in [6.07, 6.45) is 0.588. The summed E-state index contributed by atoms with van der Waals surface area (Å²) < 4.78 is 43.0. The van der Waals surface area contributed by atoms with Gasteiger partial charge >= 0.3 is 12.1 Å². The summed E-state index contributed by atoms with van der Waals surface area (Å²) >= 11 is 0. The molecular formula is C22H19F3N2O3. The zero-order valence-corrected chi connectivity index (χ0v) is 16.0. The van der Waals surface area contributed by atoms with Gasteiger partial charge in [-0.25, -0.2) is 4.79 Å². The Kier molecular flexibility index (Phi) is 6.25. The van der Waals surface area contributed by atoms with E-state index in [-0.39, 0.29) is 5.91 Å². The molecule has 2 aromatic carbocycles. The number of aromatic nitrogens is 1. The average Bonchev–Trinajstić information content (AvgIpc) is 3.08. The lowest BCUT2D eigenvalue weighted by atomic mass is 10.1. The second-order valence-electron chi connectivity index (χ2n) is 6.63. The van der Waals surface area contributed by atoms with Crippen LogP contribution < -0.4 is 10.1 Å². The van der Waals surface area contributed by atoms with Crippen molar-refractivity contribution < 1.29 is 27.5 Å². The number of carbonyl (C=O) groups excluding carboxylic acids is 2. The van der Waals surface area contributed by atoms with Crippen LogP contribution in [0.3, 0.4) is 0 Å². The molecule has 0 aliphatic heterocycles. The van der Waals surface area contributed by atoms with Gasteiger partial charge in [-0.15, -0.1) is 0 Å². The first-order valence-corrected chi connectivity index (χ1v) is 9.14. The van der Waals surface area contributed by atoms with Crippen LogP contribution in [0.1, 0.15) is 23.6 Å². The molecule has 156 valence electrons. The van der Waals surface area contributed by atoms with E-state index in [0.717, 1.165) is 34.7 Å². The van der Waals surface area contributed by atoms with Crippen molar-refractivity contribution in [3.05, 3.63) is 71.4 Å². The van der Waals surface area contributed by atoms with Gasteiger partial charge in [0.15, 0.2) is 0 Å². The highest BCUT2D eigenvalue weighted by atomic mass is 19.4. The number of fused-ring (bicyclic) bond motifs is 1. The Bertz CT molecular complexity index is 1080. The smallest absolute Gasteiger partial charge is 0.416 e. The normalized spacial score (nSPS) is 11.7. The standard InChI is InChI=1S/C22H19F3N2O3/c1-14(28)26-11-10-16-13-27-20-8-7-18(12-19(16)20)30-21(29)9-4-15-2-5-17(6-3-15)22(23,24)25/h2-9,12-13,27H,10-11H2,1H3,(H,26,28)/b9-4+. The quantitative estimate of drug-likeness (QED) is 0.354. The summed E-state index contributed by atoms with van der Waals surface area (Å²) in [5.74, 6) is -0.418. The topological polar surface area (TPSA) is 71.2 Å². The van der Waals surface area contributed by atoms with Crippen LogP contribution in [0.25, 0.3) is 17.0 Å². The van der Waals surface area contributed by atoms with Gasteiger partial charge in [0.05, 0.1) is 5.56 Å². The Morgan fingerprint density at radius 2 is 1.87 bits per heavy atom. The molecule has 0 radical (unpaired) electrons. The number of halogens is 3. The molecule has 0 unspecified atom stereocenters. The highest BCUT2D eigenvalue weighted by molar-refractivity contribution is 5.90. The number of H-pyrrole nitrogens is 1. The lowest BCUT2D eigenvalue weighted by Gasteiger charge is -2.06. The minimum atomic E-state index is -4.40. The molecule has 0 aliphatic carbocycles. The van der Waals surface area contributed by atoms with Crippen molar-refractivity contribution in [1.29, 1.82) is 0 Å². The minimum Gasteiger partial charge on any atom is -0.423 e. The molecule has 0 fully saturated rings. The van der Waals surface area contributed by atoms with Crippen LogP contribution in [0.2, 0.25) is 0 Å². The molecule has 0 atom stereocenters. The van der Waals surface area contributed by atoms with E-state index in [2.05, 4.69) is 10.3 Å². The third kappa shape index (κ3) is 5.50. The predicted molar refractivity (Wildman–Crippen MR) is 107 cm³/mol. The van der Waals surface area contributed by atoms with Crippen molar-refractivity contribution in [2.45, 2.75) is 19.5 Å². The van der Waals surface area contributed by atoms with Gasteiger partial charge in [0, 0.05) is 36.6 Å². The summed E-state index contributed by atoms with van der Waals surface area (Å²) in [5, 5.41) is 3.60. The Morgan fingerprint density at radius 3 is 2.53 bits per heavy atom. The number of aromatic amines is 1. The third-order valence-corrected chi connectivity index (χ3v) is 4.38. The fraction of sp³-hybridized carbons (Fsp3) is 0.182. The molecular weight excluding hydrogens is 397 g/mol. The van der Waals surface area contributed by atoms with Gasteiger partial charge in [0.25, 0.3) is 0 Å². The van der Waals surface area contributed by atoms with Crippen molar-refractivity contribution >= 4 is 28.9 Å². The molecule has 5 nitrogen and oxygen atoms in total. The lowest BCUT2D eigenvalue weighted by Crippen LogP contribution is -2.22. The number of carbonyl (C=O) groups is 2. The molecule has 0 saturated heterocycles. The Hall–Kier alpha value is -3.55. The Morgan fingerprint density at radius 1 is 1.13 bits per heavy atom. The number of amides is 1. The molecule has 2 N–H and O–H groups in total. The number of benzene rings is 2. The van der Waals surface area contributed by atoms with E-state index >= 15 is 0 Å². The van der Waals surface area contributed by atoms with Crippen LogP contribution in [-0.2, 0) is 22.2 Å². The summed E-state index contributed by atoms with van der Waals surface area (Å²) in [6, 6.07) is 9.60. The van der Waals surface area contributed by atoms with E-state index in [1.807, 2.05) is 6.20 Å². The van der Waals surface area contributed by atoms with Gasteiger partial charge in [0.1, 0.15) is 5.75 Å². The Labute approximate surface area is 170 Å². The maximum Gasteiger partial charge on any atom is 0.416 e. The Balaban J connectivity index is 1.65. The zero-order chi connectivity index (χ0) is 21.7. The molecule has 0 saturated carbocycles. The van der Waals surface area contributed by atoms with E-state index in [4.69, 9.17) is 4.74 Å². The summed E-state index contributed by atoms with van der Waals surface area (Å²) in [6.45, 7) is 1.94. The number of nitrogens with one attached hydrogen (secondary N) is 2. The number of rotatable bonds is 6. The van der Waals surface area contributed by atoms with Crippen LogP contribution in [0, 0.1) is 0 Å². The number of hydrogen-bond acceptors (Lipinski definition) is 3. The molecule has 30 heavy (non-hydrogen) atoms. The van der Waals surface area contributed by atoms with Crippen LogP contribution in [0.4, 0.5) is 13.2 Å².